The summed E-state index contributed by atoms with van der Waals surface area (Å²) in [5.74, 6) is -0.161. The zero-order valence-corrected chi connectivity index (χ0v) is 10.2. The van der Waals surface area contributed by atoms with E-state index in [0.717, 1.165) is 16.7 Å². The van der Waals surface area contributed by atoms with Gasteiger partial charge in [0.15, 0.2) is 0 Å². The van der Waals surface area contributed by atoms with Gasteiger partial charge in [0.25, 0.3) is 5.24 Å². The number of piperidine rings is 1. The molecule has 5 nitrogen and oxygen atoms in total. The van der Waals surface area contributed by atoms with E-state index < -0.39 is 12.2 Å². The number of halogens is 1. The number of nitrogens with zero attached hydrogens (tertiary/aromatic N) is 2. The van der Waals surface area contributed by atoms with Crippen molar-refractivity contribution in [2.75, 3.05) is 32.0 Å². The molecule has 17 heavy (non-hydrogen) atoms. The Kier molecular flexibility index (Phi) is 4.01. The minimum absolute atomic E-state index is 0.00514. The number of amides is 2. The van der Waals surface area contributed by atoms with Crippen molar-refractivity contribution in [2.24, 2.45) is 0 Å². The van der Waals surface area contributed by atoms with Crippen molar-refractivity contribution < 1.29 is 19.1 Å². The normalized spacial score (nSPS) is 31.3. The largest absolute Gasteiger partial charge is 0.395 e. The quantitative estimate of drug-likeness (QED) is 0.781. The van der Waals surface area contributed by atoms with E-state index in [0.29, 0.717) is 19.5 Å². The Labute approximate surface area is 103 Å². The fraction of sp³-hybridized carbons (Fsp3) is 0.800. The highest BCUT2D eigenvalue weighted by molar-refractivity contribution is 8.14. The molecule has 96 valence electrons. The minimum atomic E-state index is -1.22. The number of hydrogen-bond acceptors (Lipinski definition) is 5. The van der Waals surface area contributed by atoms with Crippen molar-refractivity contribution in [3.63, 3.8) is 0 Å². The number of rotatable bonds is 3. The van der Waals surface area contributed by atoms with Crippen LogP contribution in [0.25, 0.3) is 0 Å². The van der Waals surface area contributed by atoms with Crippen LogP contribution in [0.15, 0.2) is 0 Å². The lowest BCUT2D eigenvalue weighted by atomic mass is 10.0. The first-order chi connectivity index (χ1) is 8.13. The van der Waals surface area contributed by atoms with Crippen molar-refractivity contribution >= 4 is 22.9 Å². The molecule has 2 aliphatic heterocycles. The molecule has 2 aliphatic rings. The van der Waals surface area contributed by atoms with Crippen LogP contribution < -0.4 is 0 Å². The Morgan fingerprint density at radius 2 is 2.24 bits per heavy atom. The van der Waals surface area contributed by atoms with Crippen molar-refractivity contribution in [2.45, 2.75) is 18.6 Å². The molecule has 0 aliphatic carbocycles. The molecule has 2 atom stereocenters. The molecule has 2 amide bonds. The number of imide groups is 1. The molecule has 0 radical (unpaired) electrons. The maximum absolute atomic E-state index is 13.9. The topological polar surface area (TPSA) is 60.9 Å². The van der Waals surface area contributed by atoms with Gasteiger partial charge in [-0.3, -0.25) is 19.4 Å². The van der Waals surface area contributed by atoms with Crippen LogP contribution in [-0.2, 0) is 4.79 Å². The number of carbonyl (C=O) groups excluding carboxylic acids is 2. The lowest BCUT2D eigenvalue weighted by molar-refractivity contribution is -0.128. The molecule has 2 rings (SSSR count). The van der Waals surface area contributed by atoms with E-state index in [1.54, 1.807) is 4.90 Å². The molecule has 0 aromatic carbocycles. The standard InChI is InChI=1S/C10H15FN2O3S/c11-7-5-12(3-4-14)2-1-8(7)13-9(15)6-17-10(13)16/h7-8,14H,1-6H2/t7-,8-/m0/s1. The number of hydrogen-bond donors (Lipinski definition) is 1. The van der Waals surface area contributed by atoms with E-state index in [2.05, 4.69) is 0 Å². The summed E-state index contributed by atoms with van der Waals surface area (Å²) in [7, 11) is 0. The molecule has 0 unspecified atom stereocenters. The van der Waals surface area contributed by atoms with Crippen molar-refractivity contribution in [3.05, 3.63) is 0 Å². The average Bonchev–Trinajstić information content (AvgIpc) is 2.60. The van der Waals surface area contributed by atoms with E-state index in [4.69, 9.17) is 5.11 Å². The molecule has 2 saturated heterocycles. The fourth-order valence-electron chi connectivity index (χ4n) is 2.28. The van der Waals surface area contributed by atoms with Gasteiger partial charge in [0, 0.05) is 19.6 Å². The Morgan fingerprint density at radius 1 is 1.47 bits per heavy atom. The maximum atomic E-state index is 13.9. The predicted molar refractivity (Wildman–Crippen MR) is 61.5 cm³/mol. The summed E-state index contributed by atoms with van der Waals surface area (Å²) in [6.45, 7) is 1.21. The van der Waals surface area contributed by atoms with Crippen LogP contribution in [0.4, 0.5) is 9.18 Å². The molecular formula is C10H15FN2O3S. The van der Waals surface area contributed by atoms with Crippen LogP contribution in [0.1, 0.15) is 6.42 Å². The number of aliphatic hydroxyl groups is 1. The lowest BCUT2D eigenvalue weighted by Gasteiger charge is -2.37. The van der Waals surface area contributed by atoms with Gasteiger partial charge in [-0.2, -0.15) is 0 Å². The van der Waals surface area contributed by atoms with E-state index in [9.17, 15) is 14.0 Å². The van der Waals surface area contributed by atoms with Gasteiger partial charge in [-0.15, -0.1) is 0 Å². The van der Waals surface area contributed by atoms with Crippen LogP contribution in [0.5, 0.6) is 0 Å². The first-order valence-corrected chi connectivity index (χ1v) is 6.58. The molecule has 2 fully saturated rings. The molecule has 0 saturated carbocycles. The minimum Gasteiger partial charge on any atom is -0.395 e. The zero-order chi connectivity index (χ0) is 12.4. The maximum Gasteiger partial charge on any atom is 0.289 e. The number of β-amino-alcohol motifs (C(OH)–C–C–N with tert-alkyl or cyclic N) is 1. The van der Waals surface area contributed by atoms with E-state index in [-0.39, 0.29) is 30.1 Å². The Morgan fingerprint density at radius 3 is 2.76 bits per heavy atom. The van der Waals surface area contributed by atoms with Gasteiger partial charge < -0.3 is 5.11 Å². The molecule has 1 N–H and O–H groups in total. The lowest BCUT2D eigenvalue weighted by Crippen LogP contribution is -2.54. The van der Waals surface area contributed by atoms with Crippen LogP contribution in [0.2, 0.25) is 0 Å². The number of aliphatic hydroxyl groups excluding tert-OH is 1. The van der Waals surface area contributed by atoms with Crippen molar-refractivity contribution in [3.8, 4) is 0 Å². The second-order valence-electron chi connectivity index (χ2n) is 4.21. The Balaban J connectivity index is 1.99. The average molecular weight is 262 g/mol. The fourth-order valence-corrected chi connectivity index (χ4v) is 3.04. The van der Waals surface area contributed by atoms with Gasteiger partial charge in [-0.25, -0.2) is 4.39 Å². The molecule has 0 aromatic heterocycles. The SMILES string of the molecule is O=C1CSC(=O)N1[C@H]1CCN(CCO)C[C@@H]1F. The molecule has 0 bridgehead atoms. The van der Waals surface area contributed by atoms with Crippen LogP contribution in [-0.4, -0.2) is 70.3 Å². The number of alkyl halides is 1. The highest BCUT2D eigenvalue weighted by Gasteiger charge is 2.42. The van der Waals surface area contributed by atoms with Crippen LogP contribution in [0, 0.1) is 0 Å². The van der Waals surface area contributed by atoms with Crippen LogP contribution >= 0.6 is 11.8 Å². The highest BCUT2D eigenvalue weighted by Crippen LogP contribution is 2.28. The molecule has 2 heterocycles. The summed E-state index contributed by atoms with van der Waals surface area (Å²) in [5, 5.41) is 8.45. The zero-order valence-electron chi connectivity index (χ0n) is 9.34. The molecule has 0 spiro atoms. The summed E-state index contributed by atoms with van der Waals surface area (Å²) in [5.41, 5.74) is 0. The molecule has 0 aromatic rings. The summed E-state index contributed by atoms with van der Waals surface area (Å²) < 4.78 is 13.9. The second kappa shape index (κ2) is 5.32. The summed E-state index contributed by atoms with van der Waals surface area (Å²) in [6, 6.07) is -0.625. The first-order valence-electron chi connectivity index (χ1n) is 5.59. The van der Waals surface area contributed by atoms with Gasteiger partial charge in [-0.1, -0.05) is 11.8 Å². The van der Waals surface area contributed by atoms with E-state index in [1.165, 1.54) is 0 Å². The number of thioether (sulfide) groups is 1. The second-order valence-corrected chi connectivity index (χ2v) is 5.14. The number of carbonyl (C=O) groups is 2. The summed E-state index contributed by atoms with van der Waals surface area (Å²) in [4.78, 5) is 25.9. The Bertz CT molecular complexity index is 313. The smallest absolute Gasteiger partial charge is 0.289 e. The van der Waals surface area contributed by atoms with Crippen molar-refractivity contribution in [1.29, 1.82) is 0 Å². The van der Waals surface area contributed by atoms with Gasteiger partial charge in [0.2, 0.25) is 5.91 Å². The highest BCUT2D eigenvalue weighted by atomic mass is 32.2. The monoisotopic (exact) mass is 262 g/mol. The molecular weight excluding hydrogens is 247 g/mol. The van der Waals surface area contributed by atoms with E-state index in [1.807, 2.05) is 0 Å². The van der Waals surface area contributed by atoms with Gasteiger partial charge >= 0.3 is 0 Å². The first kappa shape index (κ1) is 12.8. The van der Waals surface area contributed by atoms with E-state index >= 15 is 0 Å². The van der Waals surface area contributed by atoms with Crippen molar-refractivity contribution in [1.82, 2.24) is 9.80 Å². The van der Waals surface area contributed by atoms with Gasteiger partial charge in [0.1, 0.15) is 6.17 Å². The Hall–Kier alpha value is -0.660. The predicted octanol–water partition coefficient (Wildman–Crippen LogP) is 0.0865. The molecule has 7 heteroatoms. The van der Waals surface area contributed by atoms with Crippen LogP contribution in [0.3, 0.4) is 0 Å². The number of likely N-dealkylation sites (tertiary alicyclic amines) is 1. The third-order valence-corrected chi connectivity index (χ3v) is 3.96. The summed E-state index contributed by atoms with van der Waals surface area (Å²) in [6.07, 6.45) is -0.777. The van der Waals surface area contributed by atoms with Gasteiger partial charge in [0.05, 0.1) is 18.4 Å². The third kappa shape index (κ3) is 2.61. The van der Waals surface area contributed by atoms with Gasteiger partial charge in [-0.05, 0) is 6.42 Å². The summed E-state index contributed by atoms with van der Waals surface area (Å²) >= 11 is 0.937. The third-order valence-electron chi connectivity index (χ3n) is 3.12.